The van der Waals surface area contributed by atoms with E-state index in [1.807, 2.05) is 25.1 Å². The molecule has 0 N–H and O–H groups in total. The fourth-order valence-corrected chi connectivity index (χ4v) is 3.11. The number of aromatic nitrogens is 1. The van der Waals surface area contributed by atoms with Crippen LogP contribution in [0.15, 0.2) is 18.2 Å². The predicted molar refractivity (Wildman–Crippen MR) is 78.1 cm³/mol. The van der Waals surface area contributed by atoms with Gasteiger partial charge in [-0.2, -0.15) is 12.6 Å². The molecule has 96 valence electrons. The van der Waals surface area contributed by atoms with E-state index in [4.69, 9.17) is 9.47 Å². The Hall–Kier alpha value is -1.20. The number of thiol groups is 1. The van der Waals surface area contributed by atoms with E-state index in [-0.39, 0.29) is 0 Å². The second-order valence-electron chi connectivity index (χ2n) is 3.73. The summed E-state index contributed by atoms with van der Waals surface area (Å²) in [5.74, 6) is 2.14. The van der Waals surface area contributed by atoms with Gasteiger partial charge in [0.25, 0.3) is 0 Å². The van der Waals surface area contributed by atoms with Crippen molar-refractivity contribution in [2.24, 2.45) is 0 Å². The van der Waals surface area contributed by atoms with Gasteiger partial charge < -0.3 is 9.47 Å². The average Bonchev–Trinajstić information content (AvgIpc) is 2.78. The zero-order chi connectivity index (χ0) is 13.1. The molecule has 0 spiro atoms. The monoisotopic (exact) mass is 281 g/mol. The van der Waals surface area contributed by atoms with Crippen LogP contribution >= 0.6 is 24.0 Å². The van der Waals surface area contributed by atoms with Crippen LogP contribution in [-0.2, 0) is 5.75 Å². The van der Waals surface area contributed by atoms with E-state index in [0.29, 0.717) is 5.75 Å². The van der Waals surface area contributed by atoms with E-state index in [1.54, 1.807) is 25.6 Å². The highest BCUT2D eigenvalue weighted by Crippen LogP contribution is 2.40. The summed E-state index contributed by atoms with van der Waals surface area (Å²) in [6.07, 6.45) is 0. The van der Waals surface area contributed by atoms with Crippen molar-refractivity contribution in [1.29, 1.82) is 0 Å². The first-order chi connectivity index (χ1) is 8.71. The van der Waals surface area contributed by atoms with Crippen LogP contribution in [0.5, 0.6) is 11.5 Å². The Morgan fingerprint density at radius 3 is 2.61 bits per heavy atom. The Labute approximate surface area is 116 Å². The number of benzene rings is 1. The van der Waals surface area contributed by atoms with Gasteiger partial charge in [-0.15, -0.1) is 11.3 Å². The third kappa shape index (κ3) is 2.33. The first kappa shape index (κ1) is 13.2. The second-order valence-corrected chi connectivity index (χ2v) is 5.13. The predicted octanol–water partition coefficient (Wildman–Crippen LogP) is 3.57. The molecule has 1 heterocycles. The highest BCUT2D eigenvalue weighted by atomic mass is 32.1. The van der Waals surface area contributed by atoms with Crippen LogP contribution in [-0.4, -0.2) is 19.2 Å². The molecule has 5 heteroatoms. The molecule has 0 aliphatic carbocycles. The fraction of sp³-hybridized carbons (Fsp3) is 0.308. The van der Waals surface area contributed by atoms with Crippen molar-refractivity contribution in [2.45, 2.75) is 12.7 Å². The summed E-state index contributed by atoms with van der Waals surface area (Å²) in [5, 5.41) is 0.937. The first-order valence-electron chi connectivity index (χ1n) is 5.49. The molecule has 18 heavy (non-hydrogen) atoms. The molecular formula is C13H15NO2S2. The number of ether oxygens (including phenoxy) is 2. The lowest BCUT2D eigenvalue weighted by atomic mass is 10.2. The molecule has 0 unspecified atom stereocenters. The summed E-state index contributed by atoms with van der Waals surface area (Å²) < 4.78 is 10.7. The van der Waals surface area contributed by atoms with Crippen molar-refractivity contribution in [3.8, 4) is 22.1 Å². The topological polar surface area (TPSA) is 31.4 Å². The smallest absolute Gasteiger partial charge is 0.170 e. The number of thiazole rings is 1. The molecule has 3 nitrogen and oxygen atoms in total. The van der Waals surface area contributed by atoms with Crippen LogP contribution < -0.4 is 9.47 Å². The molecule has 0 fully saturated rings. The summed E-state index contributed by atoms with van der Waals surface area (Å²) in [6.45, 7) is 2.00. The van der Waals surface area contributed by atoms with E-state index in [0.717, 1.165) is 27.8 Å². The molecule has 0 atom stereocenters. The molecule has 0 amide bonds. The van der Waals surface area contributed by atoms with E-state index < -0.39 is 0 Å². The Bertz CT molecular complexity index is 552. The largest absolute Gasteiger partial charge is 0.493 e. The van der Waals surface area contributed by atoms with Gasteiger partial charge >= 0.3 is 0 Å². The minimum atomic E-state index is 0.704. The van der Waals surface area contributed by atoms with E-state index in [2.05, 4.69) is 17.6 Å². The number of para-hydroxylation sites is 1. The average molecular weight is 281 g/mol. The van der Waals surface area contributed by atoms with Gasteiger partial charge in [0, 0.05) is 10.6 Å². The maximum Gasteiger partial charge on any atom is 0.170 e. The van der Waals surface area contributed by atoms with Gasteiger partial charge in [-0.05, 0) is 19.1 Å². The number of aryl methyl sites for hydroxylation is 1. The summed E-state index contributed by atoms with van der Waals surface area (Å²) in [4.78, 5) is 5.75. The van der Waals surface area contributed by atoms with Gasteiger partial charge in [-0.3, -0.25) is 0 Å². The van der Waals surface area contributed by atoms with Crippen LogP contribution in [0.1, 0.15) is 10.6 Å². The van der Waals surface area contributed by atoms with Crippen molar-refractivity contribution < 1.29 is 9.47 Å². The molecular weight excluding hydrogens is 266 g/mol. The molecule has 0 saturated heterocycles. The molecule has 2 aromatic rings. The van der Waals surface area contributed by atoms with Crippen molar-refractivity contribution in [2.75, 3.05) is 14.2 Å². The summed E-state index contributed by atoms with van der Waals surface area (Å²) >= 11 is 5.95. The SMILES string of the molecule is COc1cccc(-c2nc(C)c(CS)s2)c1OC. The highest BCUT2D eigenvalue weighted by molar-refractivity contribution is 7.79. The van der Waals surface area contributed by atoms with Crippen molar-refractivity contribution in [1.82, 2.24) is 4.98 Å². The molecule has 1 aromatic carbocycles. The Morgan fingerprint density at radius 1 is 1.28 bits per heavy atom. The van der Waals surface area contributed by atoms with Crippen molar-refractivity contribution in [3.63, 3.8) is 0 Å². The minimum Gasteiger partial charge on any atom is -0.493 e. The number of rotatable bonds is 4. The molecule has 2 rings (SSSR count). The van der Waals surface area contributed by atoms with Crippen LogP contribution in [0.4, 0.5) is 0 Å². The van der Waals surface area contributed by atoms with E-state index in [1.165, 1.54) is 4.88 Å². The van der Waals surface area contributed by atoms with E-state index >= 15 is 0 Å². The fourth-order valence-electron chi connectivity index (χ4n) is 1.75. The molecule has 0 aliphatic heterocycles. The number of hydrogen-bond acceptors (Lipinski definition) is 5. The maximum atomic E-state index is 5.43. The third-order valence-corrected chi connectivity index (χ3v) is 4.39. The Balaban J connectivity index is 2.55. The second kappa shape index (κ2) is 5.63. The molecule has 0 saturated carbocycles. The van der Waals surface area contributed by atoms with Gasteiger partial charge in [0.05, 0.1) is 25.5 Å². The van der Waals surface area contributed by atoms with Gasteiger partial charge in [0.15, 0.2) is 11.5 Å². The summed E-state index contributed by atoms with van der Waals surface area (Å²) in [7, 11) is 3.27. The lowest BCUT2D eigenvalue weighted by Crippen LogP contribution is -1.92. The minimum absolute atomic E-state index is 0.704. The van der Waals surface area contributed by atoms with Crippen LogP contribution in [0.2, 0.25) is 0 Å². The molecule has 0 bridgehead atoms. The van der Waals surface area contributed by atoms with Crippen LogP contribution in [0.3, 0.4) is 0 Å². The number of hydrogen-bond donors (Lipinski definition) is 1. The standard InChI is InChI=1S/C13H15NO2S2/c1-8-11(7-17)18-13(14-8)9-5-4-6-10(15-2)12(9)16-3/h4-6,17H,7H2,1-3H3. The maximum absolute atomic E-state index is 5.43. The quantitative estimate of drug-likeness (QED) is 0.869. The van der Waals surface area contributed by atoms with Crippen LogP contribution in [0, 0.1) is 6.92 Å². The molecule has 1 aromatic heterocycles. The van der Waals surface area contributed by atoms with Gasteiger partial charge in [-0.1, -0.05) is 6.07 Å². The Morgan fingerprint density at radius 2 is 2.06 bits per heavy atom. The van der Waals surface area contributed by atoms with Crippen molar-refractivity contribution >= 4 is 24.0 Å². The normalized spacial score (nSPS) is 10.4. The Kier molecular flexibility index (Phi) is 4.14. The summed E-state index contributed by atoms with van der Waals surface area (Å²) in [6, 6.07) is 5.80. The van der Waals surface area contributed by atoms with Crippen LogP contribution in [0.25, 0.3) is 10.6 Å². The highest BCUT2D eigenvalue weighted by Gasteiger charge is 2.15. The van der Waals surface area contributed by atoms with Gasteiger partial charge in [0.1, 0.15) is 5.01 Å². The molecule has 0 radical (unpaired) electrons. The zero-order valence-electron chi connectivity index (χ0n) is 10.6. The molecule has 0 aliphatic rings. The summed E-state index contributed by atoms with van der Waals surface area (Å²) in [5.41, 5.74) is 1.98. The van der Waals surface area contributed by atoms with Gasteiger partial charge in [0.2, 0.25) is 0 Å². The third-order valence-electron chi connectivity index (χ3n) is 2.67. The number of nitrogens with zero attached hydrogens (tertiary/aromatic N) is 1. The first-order valence-corrected chi connectivity index (χ1v) is 6.94. The van der Waals surface area contributed by atoms with E-state index in [9.17, 15) is 0 Å². The number of methoxy groups -OCH3 is 2. The lowest BCUT2D eigenvalue weighted by Gasteiger charge is -2.10. The zero-order valence-corrected chi connectivity index (χ0v) is 12.3. The lowest BCUT2D eigenvalue weighted by molar-refractivity contribution is 0.356. The van der Waals surface area contributed by atoms with Gasteiger partial charge in [-0.25, -0.2) is 4.98 Å². The van der Waals surface area contributed by atoms with Crippen molar-refractivity contribution in [3.05, 3.63) is 28.8 Å².